The molecule has 1 aliphatic carbocycles. The van der Waals surface area contributed by atoms with Gasteiger partial charge < -0.3 is 23.9 Å². The molecule has 3 aromatic rings. The van der Waals surface area contributed by atoms with Crippen LogP contribution in [0.4, 0.5) is 0 Å². The largest absolute Gasteiger partial charge is 0.491 e. The van der Waals surface area contributed by atoms with Gasteiger partial charge in [0, 0.05) is 18.4 Å². The van der Waals surface area contributed by atoms with Crippen LogP contribution in [0, 0.1) is 0 Å². The number of aromatic hydroxyl groups is 1. The molecule has 0 bridgehead atoms. The van der Waals surface area contributed by atoms with E-state index in [1.165, 1.54) is 16.3 Å². The highest BCUT2D eigenvalue weighted by atomic mass is 28.4. The van der Waals surface area contributed by atoms with E-state index in [4.69, 9.17) is 18.9 Å². The maximum Gasteiger partial charge on any atom is 0.277 e. The number of aromatic nitrogens is 2. The number of fused-ring (bicyclic) bond motifs is 1. The SMILES string of the molecule is CCCCOc1c(O)nc(CC2(c3cccc4ccccc34)CCCC2)nc1C(=O)N(CCO[Si](C)(C)C(C)(C)C)C1COC1. The maximum atomic E-state index is 14.4. The minimum absolute atomic E-state index is 0.0648. The molecule has 2 heterocycles. The molecule has 1 saturated carbocycles. The van der Waals surface area contributed by atoms with Crippen molar-refractivity contribution in [3.8, 4) is 11.6 Å². The third kappa shape index (κ3) is 7.21. The Kier molecular flexibility index (Phi) is 10.2. The number of benzene rings is 2. The van der Waals surface area contributed by atoms with E-state index >= 15 is 0 Å². The Bertz CT molecular complexity index is 1470. The molecular weight excluding hydrogens is 582 g/mol. The van der Waals surface area contributed by atoms with Crippen LogP contribution < -0.4 is 4.74 Å². The van der Waals surface area contributed by atoms with Crippen molar-refractivity contribution in [3.63, 3.8) is 0 Å². The van der Waals surface area contributed by atoms with E-state index in [0.717, 1.165) is 38.5 Å². The number of ether oxygens (including phenoxy) is 2. The van der Waals surface area contributed by atoms with Gasteiger partial charge >= 0.3 is 0 Å². The highest BCUT2D eigenvalue weighted by Gasteiger charge is 2.41. The molecule has 2 fully saturated rings. The molecule has 2 aliphatic rings. The van der Waals surface area contributed by atoms with Gasteiger partial charge in [0.25, 0.3) is 11.8 Å². The molecule has 0 atom stereocenters. The molecule has 45 heavy (non-hydrogen) atoms. The lowest BCUT2D eigenvalue weighted by Gasteiger charge is -2.40. The van der Waals surface area contributed by atoms with Crippen molar-refractivity contribution in [2.24, 2.45) is 0 Å². The topological polar surface area (TPSA) is 94.0 Å². The quantitative estimate of drug-likeness (QED) is 0.155. The zero-order valence-corrected chi connectivity index (χ0v) is 29.0. The van der Waals surface area contributed by atoms with Crippen LogP contribution >= 0.6 is 0 Å². The summed E-state index contributed by atoms with van der Waals surface area (Å²) in [6, 6.07) is 14.9. The molecule has 0 spiro atoms. The molecule has 244 valence electrons. The summed E-state index contributed by atoms with van der Waals surface area (Å²) in [6.45, 7) is 15.3. The number of carbonyl (C=O) groups is 1. The summed E-state index contributed by atoms with van der Waals surface area (Å²) in [4.78, 5) is 25.7. The van der Waals surface area contributed by atoms with E-state index in [0.29, 0.717) is 45.2 Å². The van der Waals surface area contributed by atoms with Crippen LogP contribution in [0.25, 0.3) is 10.8 Å². The molecular formula is C36H51N3O5Si. The molecule has 0 unspecified atom stereocenters. The summed E-state index contributed by atoms with van der Waals surface area (Å²) in [6.07, 6.45) is 6.47. The number of amides is 1. The molecule has 1 N–H and O–H groups in total. The van der Waals surface area contributed by atoms with E-state index in [2.05, 4.69) is 88.2 Å². The standard InChI is InChI=1S/C36H51N3O5Si/c1-7-8-21-43-32-31(34(41)39(27-24-42-25-27)20-22-44-45(5,6)35(2,3)4)37-30(38-33(32)40)23-36(18-11-12-19-36)29-17-13-15-26-14-9-10-16-28(26)29/h9-10,13-17,27H,7-8,11-12,18-25H2,1-6H3,(H,37,38,40). The molecule has 1 aliphatic heterocycles. The third-order valence-electron chi connectivity index (χ3n) is 10.2. The first-order valence-corrected chi connectivity index (χ1v) is 19.6. The van der Waals surface area contributed by atoms with Crippen LogP contribution in [0.2, 0.25) is 18.1 Å². The molecule has 9 heteroatoms. The second-order valence-corrected chi connectivity index (χ2v) is 19.1. The van der Waals surface area contributed by atoms with Crippen LogP contribution in [0.15, 0.2) is 42.5 Å². The Morgan fingerprint density at radius 2 is 1.78 bits per heavy atom. The number of hydrogen-bond donors (Lipinski definition) is 1. The minimum atomic E-state index is -2.00. The molecule has 0 radical (unpaired) electrons. The molecule has 1 amide bonds. The first kappa shape index (κ1) is 33.4. The van der Waals surface area contributed by atoms with E-state index in [9.17, 15) is 9.90 Å². The minimum Gasteiger partial charge on any atom is -0.491 e. The monoisotopic (exact) mass is 633 g/mol. The Balaban J connectivity index is 1.49. The predicted molar refractivity (Wildman–Crippen MR) is 181 cm³/mol. The Morgan fingerprint density at radius 1 is 1.07 bits per heavy atom. The zero-order valence-electron chi connectivity index (χ0n) is 28.0. The Hall–Kier alpha value is -3.01. The fourth-order valence-electron chi connectivity index (χ4n) is 6.35. The fraction of sp³-hybridized carbons (Fsp3) is 0.583. The first-order valence-electron chi connectivity index (χ1n) is 16.7. The summed E-state index contributed by atoms with van der Waals surface area (Å²) in [5, 5.41) is 13.8. The van der Waals surface area contributed by atoms with Crippen molar-refractivity contribution >= 4 is 25.0 Å². The van der Waals surface area contributed by atoms with Crippen molar-refractivity contribution in [2.75, 3.05) is 33.0 Å². The fourth-order valence-corrected chi connectivity index (χ4v) is 7.38. The second kappa shape index (κ2) is 13.8. The van der Waals surface area contributed by atoms with Gasteiger partial charge in [-0.3, -0.25) is 4.79 Å². The number of nitrogens with zero attached hydrogens (tertiary/aromatic N) is 3. The van der Waals surface area contributed by atoms with Gasteiger partial charge in [0.05, 0.1) is 32.5 Å². The average Bonchev–Trinajstić information content (AvgIpc) is 3.44. The van der Waals surface area contributed by atoms with Crippen molar-refractivity contribution in [1.82, 2.24) is 14.9 Å². The van der Waals surface area contributed by atoms with E-state index in [1.807, 2.05) is 0 Å². The summed E-state index contributed by atoms with van der Waals surface area (Å²) in [5.41, 5.74) is 1.23. The Labute approximate surface area is 269 Å². The van der Waals surface area contributed by atoms with Gasteiger partial charge in [0.2, 0.25) is 5.75 Å². The van der Waals surface area contributed by atoms with Gasteiger partial charge in [0.1, 0.15) is 5.82 Å². The van der Waals surface area contributed by atoms with E-state index in [1.54, 1.807) is 4.90 Å². The number of rotatable bonds is 13. The van der Waals surface area contributed by atoms with Crippen LogP contribution in [0.3, 0.4) is 0 Å². The second-order valence-electron chi connectivity index (χ2n) is 14.3. The summed E-state index contributed by atoms with van der Waals surface area (Å²) >= 11 is 0. The van der Waals surface area contributed by atoms with Crippen molar-refractivity contribution in [2.45, 2.75) is 102 Å². The Morgan fingerprint density at radius 3 is 2.44 bits per heavy atom. The van der Waals surface area contributed by atoms with Crippen LogP contribution in [0.5, 0.6) is 11.6 Å². The lowest BCUT2D eigenvalue weighted by Crippen LogP contribution is -2.54. The van der Waals surface area contributed by atoms with E-state index in [-0.39, 0.29) is 39.7 Å². The molecule has 1 aromatic heterocycles. The van der Waals surface area contributed by atoms with Gasteiger partial charge in [-0.15, -0.1) is 0 Å². The van der Waals surface area contributed by atoms with Gasteiger partial charge in [-0.05, 0) is 53.7 Å². The predicted octanol–water partition coefficient (Wildman–Crippen LogP) is 7.43. The molecule has 5 rings (SSSR count). The van der Waals surface area contributed by atoms with Gasteiger partial charge in [-0.25, -0.2) is 4.98 Å². The van der Waals surface area contributed by atoms with Gasteiger partial charge in [0.15, 0.2) is 14.0 Å². The third-order valence-corrected chi connectivity index (χ3v) is 14.7. The van der Waals surface area contributed by atoms with Gasteiger partial charge in [-0.2, -0.15) is 4.98 Å². The van der Waals surface area contributed by atoms with Crippen LogP contribution in [0.1, 0.15) is 88.1 Å². The number of hydrogen-bond acceptors (Lipinski definition) is 7. The zero-order chi connectivity index (χ0) is 32.2. The highest BCUT2D eigenvalue weighted by Crippen LogP contribution is 2.46. The maximum absolute atomic E-state index is 14.4. The van der Waals surface area contributed by atoms with Gasteiger partial charge in [-0.1, -0.05) is 89.4 Å². The average molecular weight is 634 g/mol. The highest BCUT2D eigenvalue weighted by molar-refractivity contribution is 6.74. The van der Waals surface area contributed by atoms with Crippen LogP contribution in [-0.2, 0) is 21.0 Å². The number of unbranched alkanes of at least 4 members (excludes halogenated alkanes) is 1. The summed E-state index contributed by atoms with van der Waals surface area (Å²) < 4.78 is 18.0. The molecule has 8 nitrogen and oxygen atoms in total. The first-order chi connectivity index (χ1) is 21.5. The normalized spacial score (nSPS) is 16.9. The summed E-state index contributed by atoms with van der Waals surface area (Å²) in [7, 11) is -2.00. The number of carbonyl (C=O) groups excluding carboxylic acids is 1. The van der Waals surface area contributed by atoms with Crippen LogP contribution in [-0.4, -0.2) is 73.2 Å². The molecule has 2 aromatic carbocycles. The van der Waals surface area contributed by atoms with Crippen molar-refractivity contribution in [1.29, 1.82) is 0 Å². The van der Waals surface area contributed by atoms with Crippen molar-refractivity contribution < 1.29 is 23.8 Å². The lowest BCUT2D eigenvalue weighted by molar-refractivity contribution is -0.0568. The smallest absolute Gasteiger partial charge is 0.277 e. The lowest BCUT2D eigenvalue weighted by atomic mass is 9.74. The molecule has 1 saturated heterocycles. The van der Waals surface area contributed by atoms with E-state index < -0.39 is 8.32 Å². The summed E-state index contributed by atoms with van der Waals surface area (Å²) in [5.74, 6) is -0.0136. The van der Waals surface area contributed by atoms with Crippen molar-refractivity contribution in [3.05, 3.63) is 59.5 Å².